The number of nitrogens with one attached hydrogen (secondary N) is 2. The summed E-state index contributed by atoms with van der Waals surface area (Å²) < 4.78 is 26.5. The predicted octanol–water partition coefficient (Wildman–Crippen LogP) is 2.10. The second-order valence-electron chi connectivity index (χ2n) is 3.95. The highest BCUT2D eigenvalue weighted by molar-refractivity contribution is 5.19. The molecule has 96 valence electrons. The topological polar surface area (TPSA) is 24.1 Å². The van der Waals surface area contributed by atoms with Crippen molar-refractivity contribution in [3.63, 3.8) is 0 Å². The Morgan fingerprint density at radius 1 is 0.941 bits per heavy atom. The first-order valence-electron chi connectivity index (χ1n) is 6.10. The van der Waals surface area contributed by atoms with E-state index >= 15 is 0 Å². The van der Waals surface area contributed by atoms with Gasteiger partial charge in [0.15, 0.2) is 0 Å². The Bertz CT molecular complexity index is 309. The van der Waals surface area contributed by atoms with Crippen molar-refractivity contribution in [3.05, 3.63) is 35.4 Å². The van der Waals surface area contributed by atoms with Gasteiger partial charge in [-0.15, -0.1) is 0 Å². The van der Waals surface area contributed by atoms with Crippen molar-refractivity contribution in [2.75, 3.05) is 26.2 Å². The van der Waals surface area contributed by atoms with E-state index in [1.54, 1.807) is 0 Å². The van der Waals surface area contributed by atoms with Crippen LogP contribution in [0.2, 0.25) is 0 Å². The van der Waals surface area contributed by atoms with E-state index in [9.17, 15) is 8.78 Å². The molecule has 0 spiro atoms. The molecule has 0 aliphatic heterocycles. The van der Waals surface area contributed by atoms with Crippen molar-refractivity contribution in [1.82, 2.24) is 10.6 Å². The monoisotopic (exact) mass is 242 g/mol. The number of halogens is 2. The van der Waals surface area contributed by atoms with Crippen molar-refractivity contribution in [3.8, 4) is 0 Å². The smallest absolute Gasteiger partial charge is 0.129 e. The molecule has 0 atom stereocenters. The average molecular weight is 242 g/mol. The quantitative estimate of drug-likeness (QED) is 0.682. The molecule has 0 aromatic heterocycles. The fourth-order valence-corrected chi connectivity index (χ4v) is 1.59. The van der Waals surface area contributed by atoms with Crippen LogP contribution in [0, 0.1) is 11.6 Å². The summed E-state index contributed by atoms with van der Waals surface area (Å²) >= 11 is 0. The van der Waals surface area contributed by atoms with Gasteiger partial charge in [-0.25, -0.2) is 8.78 Å². The van der Waals surface area contributed by atoms with Crippen molar-refractivity contribution in [2.45, 2.75) is 19.8 Å². The summed E-state index contributed by atoms with van der Waals surface area (Å²) in [4.78, 5) is 0. The highest BCUT2D eigenvalue weighted by atomic mass is 19.1. The second-order valence-corrected chi connectivity index (χ2v) is 3.95. The summed E-state index contributed by atoms with van der Waals surface area (Å²) in [5.74, 6) is -0.924. The zero-order chi connectivity index (χ0) is 12.5. The van der Waals surface area contributed by atoms with Crippen LogP contribution in [0.3, 0.4) is 0 Å². The lowest BCUT2D eigenvalue weighted by Gasteiger charge is -2.07. The molecular formula is C13H20F2N2. The molecule has 1 rings (SSSR count). The number of hydrogen-bond acceptors (Lipinski definition) is 2. The fraction of sp³-hybridized carbons (Fsp3) is 0.538. The molecule has 1 aromatic rings. The van der Waals surface area contributed by atoms with E-state index < -0.39 is 11.6 Å². The zero-order valence-corrected chi connectivity index (χ0v) is 10.2. The normalized spacial score (nSPS) is 10.8. The van der Waals surface area contributed by atoms with E-state index in [4.69, 9.17) is 0 Å². The van der Waals surface area contributed by atoms with Crippen molar-refractivity contribution in [2.24, 2.45) is 0 Å². The Kier molecular flexibility index (Phi) is 6.74. The molecule has 0 aliphatic rings. The van der Waals surface area contributed by atoms with Crippen LogP contribution >= 0.6 is 0 Å². The minimum absolute atomic E-state index is 0.168. The first-order chi connectivity index (χ1) is 8.25. The fourth-order valence-electron chi connectivity index (χ4n) is 1.59. The standard InChI is InChI=1S/C13H20F2N2/c1-2-7-16-9-10-17-8-6-11-12(14)4-3-5-13(11)15/h3-5,16-17H,2,6-10H2,1H3. The number of benzene rings is 1. The maximum absolute atomic E-state index is 13.2. The maximum atomic E-state index is 13.2. The molecule has 0 unspecified atom stereocenters. The first kappa shape index (κ1) is 14.1. The molecule has 2 nitrogen and oxygen atoms in total. The Balaban J connectivity index is 2.18. The van der Waals surface area contributed by atoms with Crippen LogP contribution in [0.15, 0.2) is 18.2 Å². The highest BCUT2D eigenvalue weighted by Gasteiger charge is 2.06. The Morgan fingerprint density at radius 2 is 1.53 bits per heavy atom. The summed E-state index contributed by atoms with van der Waals surface area (Å²) in [6.45, 7) is 5.40. The SMILES string of the molecule is CCCNCCNCCc1c(F)cccc1F. The van der Waals surface area contributed by atoms with Gasteiger partial charge in [-0.05, 0) is 38.1 Å². The molecule has 17 heavy (non-hydrogen) atoms. The number of hydrogen-bond donors (Lipinski definition) is 2. The van der Waals surface area contributed by atoms with E-state index in [0.717, 1.165) is 26.1 Å². The van der Waals surface area contributed by atoms with Gasteiger partial charge in [0, 0.05) is 18.7 Å². The second kappa shape index (κ2) is 8.14. The van der Waals surface area contributed by atoms with Crippen LogP contribution in [0.5, 0.6) is 0 Å². The van der Waals surface area contributed by atoms with Gasteiger partial charge in [0.1, 0.15) is 11.6 Å². The van der Waals surface area contributed by atoms with Crippen LogP contribution in [-0.2, 0) is 6.42 Å². The van der Waals surface area contributed by atoms with Gasteiger partial charge in [0.2, 0.25) is 0 Å². The average Bonchev–Trinajstić information content (AvgIpc) is 2.31. The lowest BCUT2D eigenvalue weighted by molar-refractivity contribution is 0.542. The molecule has 0 heterocycles. The van der Waals surface area contributed by atoms with Crippen LogP contribution in [0.4, 0.5) is 8.78 Å². The van der Waals surface area contributed by atoms with E-state index in [2.05, 4.69) is 17.6 Å². The minimum Gasteiger partial charge on any atom is -0.315 e. The molecular weight excluding hydrogens is 222 g/mol. The molecule has 0 radical (unpaired) electrons. The third-order valence-electron chi connectivity index (χ3n) is 2.52. The molecule has 0 aliphatic carbocycles. The largest absolute Gasteiger partial charge is 0.315 e. The lowest BCUT2D eigenvalue weighted by atomic mass is 10.1. The van der Waals surface area contributed by atoms with E-state index in [-0.39, 0.29) is 5.56 Å². The van der Waals surface area contributed by atoms with E-state index in [1.165, 1.54) is 18.2 Å². The van der Waals surface area contributed by atoms with Crippen LogP contribution in [0.1, 0.15) is 18.9 Å². The Hall–Kier alpha value is -1.00. The summed E-state index contributed by atoms with van der Waals surface area (Å²) in [5, 5.41) is 6.40. The summed E-state index contributed by atoms with van der Waals surface area (Å²) in [6.07, 6.45) is 1.49. The summed E-state index contributed by atoms with van der Waals surface area (Å²) in [7, 11) is 0. The minimum atomic E-state index is -0.462. The van der Waals surface area contributed by atoms with Crippen molar-refractivity contribution in [1.29, 1.82) is 0 Å². The maximum Gasteiger partial charge on any atom is 0.129 e. The molecule has 4 heteroatoms. The van der Waals surface area contributed by atoms with Gasteiger partial charge < -0.3 is 10.6 Å². The van der Waals surface area contributed by atoms with Gasteiger partial charge in [-0.3, -0.25) is 0 Å². The van der Waals surface area contributed by atoms with E-state index in [0.29, 0.717) is 13.0 Å². The van der Waals surface area contributed by atoms with Gasteiger partial charge in [0.25, 0.3) is 0 Å². The van der Waals surface area contributed by atoms with Crippen LogP contribution in [0.25, 0.3) is 0 Å². The Labute approximate surface area is 101 Å². The molecule has 0 amide bonds. The molecule has 0 fully saturated rings. The summed E-state index contributed by atoms with van der Waals surface area (Å²) in [6, 6.07) is 3.97. The van der Waals surface area contributed by atoms with Gasteiger partial charge in [-0.1, -0.05) is 13.0 Å². The number of rotatable bonds is 8. The molecule has 0 saturated heterocycles. The van der Waals surface area contributed by atoms with Gasteiger partial charge >= 0.3 is 0 Å². The summed E-state index contributed by atoms with van der Waals surface area (Å²) in [5.41, 5.74) is 0.168. The van der Waals surface area contributed by atoms with Crippen molar-refractivity contribution < 1.29 is 8.78 Å². The van der Waals surface area contributed by atoms with E-state index in [1.807, 2.05) is 0 Å². The molecule has 1 aromatic carbocycles. The first-order valence-corrected chi connectivity index (χ1v) is 6.10. The molecule has 0 bridgehead atoms. The molecule has 2 N–H and O–H groups in total. The highest BCUT2D eigenvalue weighted by Crippen LogP contribution is 2.11. The van der Waals surface area contributed by atoms with Gasteiger partial charge in [-0.2, -0.15) is 0 Å². The van der Waals surface area contributed by atoms with Crippen LogP contribution in [-0.4, -0.2) is 26.2 Å². The van der Waals surface area contributed by atoms with Gasteiger partial charge in [0.05, 0.1) is 0 Å². The third kappa shape index (κ3) is 5.24. The van der Waals surface area contributed by atoms with Crippen LogP contribution < -0.4 is 10.6 Å². The molecule has 0 saturated carbocycles. The predicted molar refractivity (Wildman–Crippen MR) is 66.1 cm³/mol. The Morgan fingerprint density at radius 3 is 2.12 bits per heavy atom. The lowest BCUT2D eigenvalue weighted by Crippen LogP contribution is -2.29. The third-order valence-corrected chi connectivity index (χ3v) is 2.52. The van der Waals surface area contributed by atoms with Crippen molar-refractivity contribution >= 4 is 0 Å². The zero-order valence-electron chi connectivity index (χ0n) is 10.2.